The van der Waals surface area contributed by atoms with Gasteiger partial charge in [0.25, 0.3) is 0 Å². The Kier molecular flexibility index (Phi) is 3.83. The summed E-state index contributed by atoms with van der Waals surface area (Å²) in [7, 11) is -3.15. The van der Waals surface area contributed by atoms with Crippen LogP contribution in [0.1, 0.15) is 24.7 Å². The van der Waals surface area contributed by atoms with Crippen LogP contribution in [0.5, 0.6) is 0 Å². The summed E-state index contributed by atoms with van der Waals surface area (Å²) in [5, 5.41) is 0. The number of hydrogen-bond donors (Lipinski definition) is 0. The first-order chi connectivity index (χ1) is 9.60. The molecule has 20 heavy (non-hydrogen) atoms. The van der Waals surface area contributed by atoms with Gasteiger partial charge in [0.2, 0.25) is 10.0 Å². The third-order valence-electron chi connectivity index (χ3n) is 3.64. The maximum Gasteiger partial charge on any atom is 0.224 e. The molecule has 1 aliphatic rings. The molecule has 1 aromatic carbocycles. The Morgan fingerprint density at radius 1 is 1.30 bits per heavy atom. The van der Waals surface area contributed by atoms with Gasteiger partial charge in [-0.2, -0.15) is 0 Å². The van der Waals surface area contributed by atoms with Gasteiger partial charge < -0.3 is 4.42 Å². The molecule has 3 rings (SSSR count). The molecule has 1 fully saturated rings. The average Bonchev–Trinajstić information content (AvgIpc) is 2.91. The summed E-state index contributed by atoms with van der Waals surface area (Å²) in [6.45, 7) is 1.05. The number of halogens is 1. The number of aromatic nitrogens is 1. The van der Waals surface area contributed by atoms with E-state index in [0.717, 1.165) is 29.8 Å². The highest BCUT2D eigenvalue weighted by Crippen LogP contribution is 2.30. The van der Waals surface area contributed by atoms with Gasteiger partial charge in [-0.15, -0.1) is 0 Å². The maximum absolute atomic E-state index is 11.8. The summed E-state index contributed by atoms with van der Waals surface area (Å²) in [5.74, 6) is 0.922. The van der Waals surface area contributed by atoms with E-state index >= 15 is 0 Å². The highest BCUT2D eigenvalue weighted by Gasteiger charge is 2.30. The number of sulfonamides is 1. The van der Waals surface area contributed by atoms with Crippen molar-refractivity contribution in [2.75, 3.05) is 17.8 Å². The van der Waals surface area contributed by atoms with Gasteiger partial charge in [-0.25, -0.2) is 17.7 Å². The van der Waals surface area contributed by atoms with Crippen molar-refractivity contribution in [3.63, 3.8) is 0 Å². The lowest BCUT2D eigenvalue weighted by Crippen LogP contribution is -2.38. The van der Waals surface area contributed by atoms with Crippen molar-refractivity contribution in [1.29, 1.82) is 0 Å². The lowest BCUT2D eigenvalue weighted by atomic mass is 9.98. The molecule has 2 heterocycles. The molecule has 0 N–H and O–H groups in total. The molecule has 1 aromatic heterocycles. The Hall–Kier alpha value is -0.920. The van der Waals surface area contributed by atoms with E-state index in [2.05, 4.69) is 20.9 Å². The number of piperidine rings is 1. The molecule has 2 aromatic rings. The molecule has 0 atom stereocenters. The van der Waals surface area contributed by atoms with Gasteiger partial charge in [0.05, 0.1) is 0 Å². The van der Waals surface area contributed by atoms with E-state index in [0.29, 0.717) is 13.1 Å². The van der Waals surface area contributed by atoms with Crippen LogP contribution in [0, 0.1) is 0 Å². The molecule has 0 saturated carbocycles. The number of rotatable bonds is 3. The first-order valence-electron chi connectivity index (χ1n) is 6.49. The highest BCUT2D eigenvalue weighted by molar-refractivity contribution is 9.10. The minimum Gasteiger partial charge on any atom is -0.440 e. The van der Waals surface area contributed by atoms with Crippen LogP contribution in [0.4, 0.5) is 0 Å². The molecule has 5 nitrogen and oxygen atoms in total. The third kappa shape index (κ3) is 2.62. The van der Waals surface area contributed by atoms with E-state index in [1.807, 2.05) is 24.3 Å². The van der Waals surface area contributed by atoms with Gasteiger partial charge >= 0.3 is 0 Å². The predicted molar refractivity (Wildman–Crippen MR) is 80.3 cm³/mol. The molecule has 0 bridgehead atoms. The summed E-state index contributed by atoms with van der Waals surface area (Å²) >= 11 is 3.03. The van der Waals surface area contributed by atoms with Crippen molar-refractivity contribution in [3.05, 3.63) is 30.2 Å². The number of fused-ring (bicyclic) bond motifs is 1. The fraction of sp³-hybridized carbons (Fsp3) is 0.462. The van der Waals surface area contributed by atoms with Crippen LogP contribution in [0.2, 0.25) is 0 Å². The topological polar surface area (TPSA) is 63.4 Å². The predicted octanol–water partition coefficient (Wildman–Crippen LogP) is 2.69. The molecular formula is C13H15BrN2O3S. The van der Waals surface area contributed by atoms with E-state index in [1.165, 1.54) is 4.31 Å². The second-order valence-electron chi connectivity index (χ2n) is 4.91. The molecular weight excluding hydrogens is 344 g/mol. The van der Waals surface area contributed by atoms with Crippen molar-refractivity contribution < 1.29 is 12.8 Å². The normalized spacial score (nSPS) is 18.6. The lowest BCUT2D eigenvalue weighted by molar-refractivity contribution is 0.295. The van der Waals surface area contributed by atoms with Crippen LogP contribution in [-0.4, -0.2) is 35.5 Å². The molecule has 7 heteroatoms. The number of oxazole rings is 1. The Bertz CT molecular complexity index is 672. The van der Waals surface area contributed by atoms with Gasteiger partial charge in [-0.05, 0) is 25.0 Å². The molecule has 1 saturated heterocycles. The van der Waals surface area contributed by atoms with Crippen LogP contribution in [-0.2, 0) is 10.0 Å². The van der Waals surface area contributed by atoms with Gasteiger partial charge in [-0.1, -0.05) is 28.1 Å². The second kappa shape index (κ2) is 5.46. The molecule has 1 aliphatic heterocycles. The van der Waals surface area contributed by atoms with Crippen molar-refractivity contribution in [2.45, 2.75) is 18.8 Å². The average molecular weight is 359 g/mol. The van der Waals surface area contributed by atoms with Gasteiger partial charge in [0.15, 0.2) is 11.5 Å². The van der Waals surface area contributed by atoms with Crippen LogP contribution >= 0.6 is 15.9 Å². The molecule has 108 valence electrons. The number of para-hydroxylation sites is 2. The summed E-state index contributed by atoms with van der Waals surface area (Å²) in [6.07, 6.45) is 1.50. The monoisotopic (exact) mass is 358 g/mol. The molecule has 0 amide bonds. The standard InChI is InChI=1S/C13H15BrN2O3S/c14-9-20(17,18)16-7-5-10(6-8-16)13-15-11-3-1-2-4-12(11)19-13/h1-4,10H,5-9H2. The van der Waals surface area contributed by atoms with Crippen molar-refractivity contribution in [3.8, 4) is 0 Å². The van der Waals surface area contributed by atoms with Crippen LogP contribution in [0.25, 0.3) is 11.1 Å². The van der Waals surface area contributed by atoms with Crippen molar-refractivity contribution in [2.24, 2.45) is 0 Å². The Labute approximate surface area is 126 Å². The van der Waals surface area contributed by atoms with Gasteiger partial charge in [0.1, 0.15) is 10.2 Å². The third-order valence-corrected chi connectivity index (χ3v) is 6.81. The molecule has 0 unspecified atom stereocenters. The Morgan fingerprint density at radius 3 is 2.65 bits per heavy atom. The molecule has 0 aliphatic carbocycles. The number of alkyl halides is 1. The summed E-state index contributed by atoms with van der Waals surface area (Å²) in [4.78, 5) is 4.50. The zero-order valence-corrected chi connectivity index (χ0v) is 13.2. The van der Waals surface area contributed by atoms with Gasteiger partial charge in [0, 0.05) is 19.0 Å². The Balaban J connectivity index is 1.75. The van der Waals surface area contributed by atoms with Gasteiger partial charge in [-0.3, -0.25) is 0 Å². The SMILES string of the molecule is O=S(=O)(CBr)N1CCC(c2nc3ccccc3o2)CC1. The minimum atomic E-state index is -3.15. The van der Waals surface area contributed by atoms with Crippen molar-refractivity contribution in [1.82, 2.24) is 9.29 Å². The number of hydrogen-bond acceptors (Lipinski definition) is 4. The first kappa shape index (κ1) is 14.0. The summed E-state index contributed by atoms with van der Waals surface area (Å²) in [5.41, 5.74) is 1.65. The smallest absolute Gasteiger partial charge is 0.224 e. The van der Waals surface area contributed by atoms with E-state index < -0.39 is 10.0 Å². The van der Waals surface area contributed by atoms with E-state index in [1.54, 1.807) is 0 Å². The largest absolute Gasteiger partial charge is 0.440 e. The minimum absolute atomic E-state index is 0.0203. The van der Waals surface area contributed by atoms with E-state index in [4.69, 9.17) is 4.42 Å². The summed E-state index contributed by atoms with van der Waals surface area (Å²) in [6, 6.07) is 7.67. The zero-order chi connectivity index (χ0) is 14.2. The van der Waals surface area contributed by atoms with E-state index in [9.17, 15) is 8.42 Å². The number of nitrogens with zero attached hydrogens (tertiary/aromatic N) is 2. The fourth-order valence-corrected chi connectivity index (χ4v) is 4.29. The Morgan fingerprint density at radius 2 is 2.00 bits per heavy atom. The molecule has 0 spiro atoms. The zero-order valence-electron chi connectivity index (χ0n) is 10.8. The lowest BCUT2D eigenvalue weighted by Gasteiger charge is -2.29. The number of benzene rings is 1. The second-order valence-corrected chi connectivity index (χ2v) is 8.19. The maximum atomic E-state index is 11.8. The first-order valence-corrected chi connectivity index (χ1v) is 9.22. The van der Waals surface area contributed by atoms with Crippen LogP contribution < -0.4 is 0 Å². The van der Waals surface area contributed by atoms with Crippen LogP contribution in [0.15, 0.2) is 28.7 Å². The molecule has 0 radical (unpaired) electrons. The summed E-state index contributed by atoms with van der Waals surface area (Å²) < 4.78 is 30.8. The fourth-order valence-electron chi connectivity index (χ4n) is 2.51. The van der Waals surface area contributed by atoms with Crippen molar-refractivity contribution >= 4 is 37.1 Å². The van der Waals surface area contributed by atoms with E-state index in [-0.39, 0.29) is 10.6 Å². The highest BCUT2D eigenvalue weighted by atomic mass is 79.9. The van der Waals surface area contributed by atoms with Crippen LogP contribution in [0.3, 0.4) is 0 Å². The quantitative estimate of drug-likeness (QED) is 0.791.